The lowest BCUT2D eigenvalue weighted by Crippen LogP contribution is -2.46. The molecule has 2 aliphatic rings. The van der Waals surface area contributed by atoms with E-state index in [0.717, 1.165) is 24.3 Å². The third-order valence-corrected chi connectivity index (χ3v) is 4.10. The second-order valence-corrected chi connectivity index (χ2v) is 6.30. The highest BCUT2D eigenvalue weighted by Gasteiger charge is 2.41. The van der Waals surface area contributed by atoms with Crippen LogP contribution in [0.1, 0.15) is 26.7 Å². The van der Waals surface area contributed by atoms with Crippen molar-refractivity contribution in [2.75, 3.05) is 17.2 Å². The second kappa shape index (κ2) is 4.01. The Hall–Kier alpha value is -1.51. The molecule has 3 heteroatoms. The van der Waals surface area contributed by atoms with Crippen LogP contribution in [0.5, 0.6) is 0 Å². The maximum Gasteiger partial charge on any atom is 0.140 e. The molecule has 1 fully saturated rings. The largest absolute Gasteiger partial charge is 0.383 e. The van der Waals surface area contributed by atoms with E-state index in [4.69, 9.17) is 0 Å². The molecule has 1 aromatic carbocycles. The lowest BCUT2D eigenvalue weighted by Gasteiger charge is -2.39. The van der Waals surface area contributed by atoms with Crippen molar-refractivity contribution >= 4 is 17.2 Å². The quantitative estimate of drug-likeness (QED) is 0.737. The summed E-state index contributed by atoms with van der Waals surface area (Å²) in [6.45, 7) is 5.13. The van der Waals surface area contributed by atoms with Crippen LogP contribution >= 0.6 is 0 Å². The molecule has 2 atom stereocenters. The van der Waals surface area contributed by atoms with Crippen LogP contribution in [0.25, 0.3) is 0 Å². The standard InChI is InChI=1S/C15H20N2O/c1-15(2)7-13-10(14(18)8-15)9-16-11-5-3-4-6-12(11)17-13/h3-6,10,13,16-17H,7-9H2,1-2H3/t10-,13-/m1/s1. The molecule has 3 nitrogen and oxygen atoms in total. The molecule has 0 bridgehead atoms. The molecule has 2 N–H and O–H groups in total. The molecule has 1 saturated carbocycles. The number of hydrogen-bond acceptors (Lipinski definition) is 3. The van der Waals surface area contributed by atoms with Crippen molar-refractivity contribution in [3.8, 4) is 0 Å². The molecule has 96 valence electrons. The van der Waals surface area contributed by atoms with Crippen LogP contribution < -0.4 is 10.6 Å². The Morgan fingerprint density at radius 2 is 1.94 bits per heavy atom. The fourth-order valence-electron chi connectivity index (χ4n) is 3.23. The van der Waals surface area contributed by atoms with Gasteiger partial charge in [-0.2, -0.15) is 0 Å². The van der Waals surface area contributed by atoms with Gasteiger partial charge >= 0.3 is 0 Å². The van der Waals surface area contributed by atoms with Gasteiger partial charge in [-0.3, -0.25) is 4.79 Å². The number of anilines is 2. The third-order valence-electron chi connectivity index (χ3n) is 4.10. The summed E-state index contributed by atoms with van der Waals surface area (Å²) in [6, 6.07) is 8.46. The molecular formula is C15H20N2O. The van der Waals surface area contributed by atoms with Crippen LogP contribution in [0.2, 0.25) is 0 Å². The van der Waals surface area contributed by atoms with Crippen molar-refractivity contribution in [1.82, 2.24) is 0 Å². The van der Waals surface area contributed by atoms with Gasteiger partial charge in [-0.25, -0.2) is 0 Å². The number of fused-ring (bicyclic) bond motifs is 2. The summed E-state index contributed by atoms with van der Waals surface area (Å²) in [5.74, 6) is 0.495. The van der Waals surface area contributed by atoms with E-state index in [1.807, 2.05) is 12.1 Å². The number of hydrogen-bond donors (Lipinski definition) is 2. The molecule has 1 aliphatic heterocycles. The van der Waals surface area contributed by atoms with Crippen molar-refractivity contribution in [2.24, 2.45) is 11.3 Å². The van der Waals surface area contributed by atoms with Crippen LogP contribution in [0.15, 0.2) is 24.3 Å². The van der Waals surface area contributed by atoms with Crippen molar-refractivity contribution < 1.29 is 4.79 Å². The van der Waals surface area contributed by atoms with Crippen LogP contribution in [-0.2, 0) is 4.79 Å². The minimum atomic E-state index is 0.102. The smallest absolute Gasteiger partial charge is 0.140 e. The minimum absolute atomic E-state index is 0.102. The number of benzene rings is 1. The summed E-state index contributed by atoms with van der Waals surface area (Å²) in [6.07, 6.45) is 1.76. The Bertz CT molecular complexity index is 481. The second-order valence-electron chi connectivity index (χ2n) is 6.30. The van der Waals surface area contributed by atoms with Crippen LogP contribution in [-0.4, -0.2) is 18.4 Å². The van der Waals surface area contributed by atoms with Crippen LogP contribution in [0, 0.1) is 11.3 Å². The Morgan fingerprint density at radius 3 is 2.72 bits per heavy atom. The summed E-state index contributed by atoms with van der Waals surface area (Å²) in [4.78, 5) is 12.3. The molecule has 0 saturated heterocycles. The summed E-state index contributed by atoms with van der Waals surface area (Å²) in [5, 5.41) is 6.96. The number of nitrogens with one attached hydrogen (secondary N) is 2. The van der Waals surface area contributed by atoms with Crippen molar-refractivity contribution in [1.29, 1.82) is 0 Å². The maximum absolute atomic E-state index is 12.3. The van der Waals surface area contributed by atoms with Crippen molar-refractivity contribution in [2.45, 2.75) is 32.7 Å². The van der Waals surface area contributed by atoms with Gasteiger partial charge in [-0.15, -0.1) is 0 Å². The maximum atomic E-state index is 12.3. The molecule has 18 heavy (non-hydrogen) atoms. The van der Waals surface area contributed by atoms with Gasteiger partial charge in [0.2, 0.25) is 0 Å². The van der Waals surface area contributed by atoms with Crippen molar-refractivity contribution in [3.05, 3.63) is 24.3 Å². The number of ketones is 1. The van der Waals surface area contributed by atoms with Gasteiger partial charge in [0, 0.05) is 19.0 Å². The summed E-state index contributed by atoms with van der Waals surface area (Å²) in [7, 11) is 0. The van der Waals surface area contributed by atoms with E-state index in [1.54, 1.807) is 0 Å². The lowest BCUT2D eigenvalue weighted by molar-refractivity contribution is -0.127. The number of carbonyl (C=O) groups is 1. The van der Waals surface area contributed by atoms with Gasteiger partial charge in [0.05, 0.1) is 17.3 Å². The molecule has 0 amide bonds. The van der Waals surface area contributed by atoms with E-state index in [-0.39, 0.29) is 17.4 Å². The molecule has 1 aliphatic carbocycles. The van der Waals surface area contributed by atoms with E-state index in [0.29, 0.717) is 12.2 Å². The van der Waals surface area contributed by atoms with Gasteiger partial charge in [0.1, 0.15) is 5.78 Å². The average molecular weight is 244 g/mol. The summed E-state index contributed by atoms with van der Waals surface area (Å²) < 4.78 is 0. The first kappa shape index (κ1) is 11.6. The minimum Gasteiger partial charge on any atom is -0.383 e. The molecule has 3 rings (SSSR count). The monoisotopic (exact) mass is 244 g/mol. The predicted molar refractivity (Wildman–Crippen MR) is 73.9 cm³/mol. The zero-order valence-electron chi connectivity index (χ0n) is 11.0. The Kier molecular flexibility index (Phi) is 2.58. The van der Waals surface area contributed by atoms with Crippen LogP contribution in [0.3, 0.4) is 0 Å². The molecule has 1 aromatic rings. The number of carbonyl (C=O) groups excluding carboxylic acids is 1. The Morgan fingerprint density at radius 1 is 1.22 bits per heavy atom. The van der Waals surface area contributed by atoms with Gasteiger partial charge < -0.3 is 10.6 Å². The first-order valence-corrected chi connectivity index (χ1v) is 6.67. The van der Waals surface area contributed by atoms with E-state index >= 15 is 0 Å². The van der Waals surface area contributed by atoms with Gasteiger partial charge in [-0.1, -0.05) is 26.0 Å². The lowest BCUT2D eigenvalue weighted by atomic mass is 9.69. The zero-order valence-corrected chi connectivity index (χ0v) is 11.0. The molecule has 0 spiro atoms. The SMILES string of the molecule is CC1(C)CC(=O)[C@@H]2CNc3ccccc3N[C@@H]2C1. The number of rotatable bonds is 0. The number of para-hydroxylation sites is 2. The highest BCUT2D eigenvalue weighted by atomic mass is 16.1. The highest BCUT2D eigenvalue weighted by Crippen LogP contribution is 2.40. The Balaban J connectivity index is 1.92. The van der Waals surface area contributed by atoms with Gasteiger partial charge in [0.25, 0.3) is 0 Å². The average Bonchev–Trinajstić information content (AvgIpc) is 2.46. The fourth-order valence-corrected chi connectivity index (χ4v) is 3.23. The Labute approximate surface area is 108 Å². The zero-order chi connectivity index (χ0) is 12.8. The normalized spacial score (nSPS) is 29.3. The summed E-state index contributed by atoms with van der Waals surface area (Å²) >= 11 is 0. The van der Waals surface area contributed by atoms with E-state index in [9.17, 15) is 4.79 Å². The molecular weight excluding hydrogens is 224 g/mol. The van der Waals surface area contributed by atoms with Crippen molar-refractivity contribution in [3.63, 3.8) is 0 Å². The topological polar surface area (TPSA) is 41.1 Å². The number of Topliss-reactive ketones (excluding diaryl/α,β-unsaturated/α-hetero) is 1. The molecule has 1 heterocycles. The summed E-state index contributed by atoms with van der Waals surface area (Å²) in [5.41, 5.74) is 2.35. The van der Waals surface area contributed by atoms with Gasteiger partial charge in [-0.05, 0) is 24.0 Å². The fraction of sp³-hybridized carbons (Fsp3) is 0.533. The molecule has 0 unspecified atom stereocenters. The first-order valence-electron chi connectivity index (χ1n) is 6.67. The van der Waals surface area contributed by atoms with Gasteiger partial charge in [0.15, 0.2) is 0 Å². The highest BCUT2D eigenvalue weighted by molar-refractivity contribution is 5.86. The van der Waals surface area contributed by atoms with E-state index in [2.05, 4.69) is 36.6 Å². The van der Waals surface area contributed by atoms with Crippen LogP contribution in [0.4, 0.5) is 11.4 Å². The molecule has 0 radical (unpaired) electrons. The predicted octanol–water partition coefficient (Wildman–Crippen LogP) is 2.90. The molecule has 0 aromatic heterocycles. The van der Waals surface area contributed by atoms with E-state index in [1.165, 1.54) is 0 Å². The third kappa shape index (κ3) is 1.98. The first-order chi connectivity index (χ1) is 8.55. The van der Waals surface area contributed by atoms with E-state index < -0.39 is 0 Å².